The molecule has 0 atom stereocenters. The van der Waals surface area contributed by atoms with Gasteiger partial charge in [0.2, 0.25) is 27.6 Å². The van der Waals surface area contributed by atoms with Gasteiger partial charge in [-0.2, -0.15) is 9.29 Å². The van der Waals surface area contributed by atoms with Crippen LogP contribution in [-0.4, -0.2) is 41.9 Å². The Bertz CT molecular complexity index is 1150. The number of aromatic nitrogens is 2. The van der Waals surface area contributed by atoms with Gasteiger partial charge < -0.3 is 10.3 Å². The first-order chi connectivity index (χ1) is 14.9. The number of sulfonamides is 1. The number of hydrogen-bond acceptors (Lipinski definition) is 6. The van der Waals surface area contributed by atoms with E-state index in [-0.39, 0.29) is 12.3 Å². The zero-order chi connectivity index (χ0) is 21.8. The van der Waals surface area contributed by atoms with Crippen LogP contribution in [0.5, 0.6) is 0 Å². The van der Waals surface area contributed by atoms with Gasteiger partial charge in [-0.05, 0) is 36.1 Å². The van der Waals surface area contributed by atoms with Gasteiger partial charge in [-0.3, -0.25) is 4.79 Å². The predicted molar refractivity (Wildman–Crippen MR) is 114 cm³/mol. The fourth-order valence-electron chi connectivity index (χ4n) is 3.62. The summed E-state index contributed by atoms with van der Waals surface area (Å²) in [6.45, 7) is 1.16. The van der Waals surface area contributed by atoms with E-state index in [1.165, 1.54) is 0 Å². The number of primary amides is 1. The topological polar surface area (TPSA) is 119 Å². The van der Waals surface area contributed by atoms with Gasteiger partial charge in [0.05, 0.1) is 17.7 Å². The molecule has 0 spiro atoms. The molecule has 0 bridgehead atoms. The minimum atomic E-state index is -3.44. The molecule has 0 unspecified atom stereocenters. The van der Waals surface area contributed by atoms with E-state index in [2.05, 4.69) is 10.1 Å². The van der Waals surface area contributed by atoms with Crippen molar-refractivity contribution in [3.63, 3.8) is 0 Å². The highest BCUT2D eigenvalue weighted by atomic mass is 32.2. The number of piperidine rings is 1. The van der Waals surface area contributed by atoms with Crippen LogP contribution in [-0.2, 0) is 27.7 Å². The summed E-state index contributed by atoms with van der Waals surface area (Å²) in [5.41, 5.74) is 7.67. The van der Waals surface area contributed by atoms with Gasteiger partial charge in [-0.25, -0.2) is 8.42 Å². The Morgan fingerprint density at radius 3 is 2.26 bits per heavy atom. The van der Waals surface area contributed by atoms with Gasteiger partial charge in [0, 0.05) is 18.7 Å². The number of carbonyl (C=O) groups is 1. The summed E-state index contributed by atoms with van der Waals surface area (Å²) in [7, 11) is -3.44. The third-order valence-corrected chi connectivity index (χ3v) is 7.20. The highest BCUT2D eigenvalue weighted by Crippen LogP contribution is 2.22. The number of nitrogens with two attached hydrogens (primary N) is 1. The van der Waals surface area contributed by atoms with Crippen LogP contribution in [0, 0.1) is 0 Å². The van der Waals surface area contributed by atoms with E-state index >= 15 is 0 Å². The van der Waals surface area contributed by atoms with Crippen molar-refractivity contribution >= 4 is 15.9 Å². The van der Waals surface area contributed by atoms with E-state index in [4.69, 9.17) is 10.3 Å². The molecule has 8 nitrogen and oxygen atoms in total. The zero-order valence-corrected chi connectivity index (χ0v) is 17.8. The minimum Gasteiger partial charge on any atom is -0.369 e. The molecule has 1 amide bonds. The number of carbonyl (C=O) groups excluding carboxylic acids is 1. The Labute approximate surface area is 181 Å². The second-order valence-electron chi connectivity index (χ2n) is 7.64. The molecule has 1 aromatic heterocycles. The van der Waals surface area contributed by atoms with Crippen LogP contribution in [0.3, 0.4) is 0 Å². The lowest BCUT2D eigenvalue weighted by Gasteiger charge is -2.25. The minimum absolute atomic E-state index is 0.182. The lowest BCUT2D eigenvalue weighted by atomic mass is 10.1. The fourth-order valence-corrected chi connectivity index (χ4v) is 5.14. The molecule has 1 saturated heterocycles. The second kappa shape index (κ2) is 8.99. The Hall–Kier alpha value is -3.04. The van der Waals surface area contributed by atoms with Crippen molar-refractivity contribution in [3.05, 3.63) is 65.5 Å². The number of amides is 1. The highest BCUT2D eigenvalue weighted by molar-refractivity contribution is 7.89. The molecule has 9 heteroatoms. The van der Waals surface area contributed by atoms with Crippen LogP contribution in [0.15, 0.2) is 57.9 Å². The van der Waals surface area contributed by atoms with Crippen molar-refractivity contribution < 1.29 is 17.7 Å². The molecule has 0 radical (unpaired) electrons. The molecule has 2 N–H and O–H groups in total. The van der Waals surface area contributed by atoms with Gasteiger partial charge in [0.1, 0.15) is 0 Å². The molecule has 1 aliphatic heterocycles. The zero-order valence-electron chi connectivity index (χ0n) is 17.0. The maximum Gasteiger partial charge on any atom is 0.243 e. The lowest BCUT2D eigenvalue weighted by molar-refractivity contribution is -0.117. The average Bonchev–Trinajstić information content (AvgIpc) is 3.23. The molecule has 2 heterocycles. The van der Waals surface area contributed by atoms with E-state index in [1.807, 2.05) is 12.1 Å². The number of benzene rings is 2. The van der Waals surface area contributed by atoms with Crippen molar-refractivity contribution in [2.24, 2.45) is 5.73 Å². The standard InChI is InChI=1S/C22H24N4O4S/c23-20(27)14-16-4-8-18(9-5-16)22-24-21(30-25-22)15-17-6-10-19(11-7-17)31(28,29)26-12-2-1-3-13-26/h4-11H,1-3,12-15H2,(H2,23,27). The second-order valence-corrected chi connectivity index (χ2v) is 9.58. The van der Waals surface area contributed by atoms with Crippen molar-refractivity contribution in [1.82, 2.24) is 14.4 Å². The lowest BCUT2D eigenvalue weighted by Crippen LogP contribution is -2.35. The summed E-state index contributed by atoms with van der Waals surface area (Å²) >= 11 is 0. The molecule has 1 aliphatic rings. The van der Waals surface area contributed by atoms with Crippen LogP contribution >= 0.6 is 0 Å². The van der Waals surface area contributed by atoms with Crippen LogP contribution < -0.4 is 5.73 Å². The van der Waals surface area contributed by atoms with Crippen LogP contribution in [0.1, 0.15) is 36.3 Å². The van der Waals surface area contributed by atoms with Gasteiger partial charge >= 0.3 is 0 Å². The first-order valence-corrected chi connectivity index (χ1v) is 11.6. The SMILES string of the molecule is NC(=O)Cc1ccc(-c2noc(Cc3ccc(S(=O)(=O)N4CCCCC4)cc3)n2)cc1. The Morgan fingerprint density at radius 2 is 1.61 bits per heavy atom. The third-order valence-electron chi connectivity index (χ3n) is 5.29. The third kappa shape index (κ3) is 5.00. The van der Waals surface area contributed by atoms with Gasteiger partial charge in [0.15, 0.2) is 0 Å². The Balaban J connectivity index is 1.43. The molecule has 0 saturated carbocycles. The van der Waals surface area contributed by atoms with Crippen LogP contribution in [0.25, 0.3) is 11.4 Å². The molecule has 1 fully saturated rings. The molecular formula is C22H24N4O4S. The number of rotatable bonds is 7. The van der Waals surface area contributed by atoms with Gasteiger partial charge in [-0.15, -0.1) is 0 Å². The van der Waals surface area contributed by atoms with E-state index in [9.17, 15) is 13.2 Å². The Morgan fingerprint density at radius 1 is 0.968 bits per heavy atom. The summed E-state index contributed by atoms with van der Waals surface area (Å²) in [4.78, 5) is 15.7. The maximum absolute atomic E-state index is 12.8. The van der Waals surface area contributed by atoms with E-state index < -0.39 is 10.0 Å². The van der Waals surface area contributed by atoms with Crippen molar-refractivity contribution in [2.45, 2.75) is 37.0 Å². The molecule has 4 rings (SSSR count). The number of hydrogen-bond donors (Lipinski definition) is 1. The highest BCUT2D eigenvalue weighted by Gasteiger charge is 2.25. The predicted octanol–water partition coefficient (Wildman–Crippen LogP) is 2.53. The molecule has 0 aliphatic carbocycles. The normalized spacial score (nSPS) is 15.1. The molecule has 162 valence electrons. The van der Waals surface area contributed by atoms with Crippen molar-refractivity contribution in [2.75, 3.05) is 13.1 Å². The summed E-state index contributed by atoms with van der Waals surface area (Å²) in [6, 6.07) is 14.1. The van der Waals surface area contributed by atoms with Crippen molar-refractivity contribution in [1.29, 1.82) is 0 Å². The molecule has 3 aromatic rings. The first-order valence-electron chi connectivity index (χ1n) is 10.2. The quantitative estimate of drug-likeness (QED) is 0.603. The number of nitrogens with zero attached hydrogens (tertiary/aromatic N) is 3. The van der Waals surface area contributed by atoms with Crippen molar-refractivity contribution in [3.8, 4) is 11.4 Å². The molecular weight excluding hydrogens is 416 g/mol. The smallest absolute Gasteiger partial charge is 0.243 e. The first kappa shape index (κ1) is 21.2. The largest absolute Gasteiger partial charge is 0.369 e. The fraction of sp³-hybridized carbons (Fsp3) is 0.318. The monoisotopic (exact) mass is 440 g/mol. The van der Waals surface area contributed by atoms with E-state index in [1.54, 1.807) is 40.7 Å². The maximum atomic E-state index is 12.8. The van der Waals surface area contributed by atoms with Crippen LogP contribution in [0.2, 0.25) is 0 Å². The molecule has 31 heavy (non-hydrogen) atoms. The Kier molecular flexibility index (Phi) is 6.15. The van der Waals surface area contributed by atoms with Crippen LogP contribution in [0.4, 0.5) is 0 Å². The van der Waals surface area contributed by atoms with Gasteiger partial charge in [0.25, 0.3) is 0 Å². The van der Waals surface area contributed by atoms with Gasteiger partial charge in [-0.1, -0.05) is 48.0 Å². The average molecular weight is 441 g/mol. The van der Waals surface area contributed by atoms with E-state index in [0.29, 0.717) is 36.1 Å². The molecule has 2 aromatic carbocycles. The van der Waals surface area contributed by atoms with E-state index in [0.717, 1.165) is 36.0 Å². The summed E-state index contributed by atoms with van der Waals surface area (Å²) in [5.74, 6) is 0.497. The summed E-state index contributed by atoms with van der Waals surface area (Å²) in [5, 5.41) is 4.01. The summed E-state index contributed by atoms with van der Waals surface area (Å²) < 4.78 is 32.4. The summed E-state index contributed by atoms with van der Waals surface area (Å²) in [6.07, 6.45) is 3.47.